The molecule has 0 fully saturated rings. The Morgan fingerprint density at radius 2 is 1.58 bits per heavy atom. The summed E-state index contributed by atoms with van der Waals surface area (Å²) in [5.74, 6) is 0. The van der Waals surface area contributed by atoms with Crippen LogP contribution in [0.25, 0.3) is 0 Å². The van der Waals surface area contributed by atoms with Crippen LogP contribution in [-0.2, 0) is 34.5 Å². The average molecular weight is 377 g/mol. The Morgan fingerprint density at radius 3 is 2.19 bits per heavy atom. The number of methoxy groups -OCH3 is 1. The van der Waals surface area contributed by atoms with Gasteiger partial charge in [0, 0.05) is 20.2 Å². The van der Waals surface area contributed by atoms with Gasteiger partial charge in [0.2, 0.25) is 10.0 Å². The first-order chi connectivity index (χ1) is 12.4. The number of carbonyl (C=O) groups is 1. The first-order valence-electron chi connectivity index (χ1n) is 8.05. The minimum Gasteiger partial charge on any atom is -0.380 e. The first kappa shape index (κ1) is 19.9. The van der Waals surface area contributed by atoms with Crippen molar-refractivity contribution in [2.45, 2.75) is 24.6 Å². The lowest BCUT2D eigenvalue weighted by Gasteiger charge is -2.09. The number of sulfonamides is 1. The Balaban J connectivity index is 1.82. The molecule has 0 bridgehead atoms. The molecule has 0 heterocycles. The fourth-order valence-corrected chi connectivity index (χ4v) is 3.06. The maximum atomic E-state index is 11.9. The summed E-state index contributed by atoms with van der Waals surface area (Å²) in [6.45, 7) is 1.23. The van der Waals surface area contributed by atoms with Gasteiger partial charge in [-0.15, -0.1) is 0 Å². The highest BCUT2D eigenvalue weighted by Gasteiger charge is 2.10. The molecule has 7 nitrogen and oxygen atoms in total. The number of urea groups is 1. The van der Waals surface area contributed by atoms with Gasteiger partial charge in [0.25, 0.3) is 0 Å². The monoisotopic (exact) mass is 377 g/mol. The van der Waals surface area contributed by atoms with Gasteiger partial charge in [-0.25, -0.2) is 17.9 Å². The summed E-state index contributed by atoms with van der Waals surface area (Å²) >= 11 is 0. The summed E-state index contributed by atoms with van der Waals surface area (Å²) in [5, 5.41) is 5.53. The van der Waals surface area contributed by atoms with Gasteiger partial charge in [0.15, 0.2) is 0 Å². The van der Waals surface area contributed by atoms with Crippen molar-refractivity contribution in [1.82, 2.24) is 15.4 Å². The van der Waals surface area contributed by atoms with Crippen molar-refractivity contribution in [3.8, 4) is 0 Å². The summed E-state index contributed by atoms with van der Waals surface area (Å²) in [4.78, 5) is 12.1. The molecule has 0 radical (unpaired) electrons. The lowest BCUT2D eigenvalue weighted by molar-refractivity contribution is 0.185. The molecule has 0 saturated carbocycles. The number of amides is 2. The molecule has 0 aliphatic heterocycles. The van der Waals surface area contributed by atoms with Gasteiger partial charge in [-0.05, 0) is 35.9 Å². The standard InChI is InChI=1S/C18H23N3O4S/c1-19-26(23,24)17-8-6-14(7-9-17)11-20-18(22)21-12-15-4-3-5-16(10-15)13-25-2/h3-10,19H,11-13H2,1-2H3,(H2,20,21,22). The van der Waals surface area contributed by atoms with E-state index in [0.717, 1.165) is 16.7 Å². The van der Waals surface area contributed by atoms with Crippen LogP contribution in [0.5, 0.6) is 0 Å². The van der Waals surface area contributed by atoms with E-state index in [1.807, 2.05) is 24.3 Å². The minimum atomic E-state index is -3.45. The number of rotatable bonds is 8. The summed E-state index contributed by atoms with van der Waals surface area (Å²) in [6, 6.07) is 13.8. The van der Waals surface area contributed by atoms with Crippen LogP contribution in [0.2, 0.25) is 0 Å². The molecule has 0 saturated heterocycles. The molecule has 0 atom stereocenters. The van der Waals surface area contributed by atoms with Crippen molar-refractivity contribution in [2.75, 3.05) is 14.2 Å². The van der Waals surface area contributed by atoms with E-state index in [-0.39, 0.29) is 10.9 Å². The van der Waals surface area contributed by atoms with Crippen LogP contribution in [-0.4, -0.2) is 28.6 Å². The van der Waals surface area contributed by atoms with Crippen molar-refractivity contribution in [1.29, 1.82) is 0 Å². The highest BCUT2D eigenvalue weighted by Crippen LogP contribution is 2.10. The average Bonchev–Trinajstić information content (AvgIpc) is 2.65. The predicted molar refractivity (Wildman–Crippen MR) is 98.9 cm³/mol. The number of hydrogen-bond donors (Lipinski definition) is 3. The van der Waals surface area contributed by atoms with Crippen molar-refractivity contribution in [3.63, 3.8) is 0 Å². The molecule has 8 heteroatoms. The van der Waals surface area contributed by atoms with E-state index in [2.05, 4.69) is 15.4 Å². The zero-order valence-corrected chi connectivity index (χ0v) is 15.6. The highest BCUT2D eigenvalue weighted by molar-refractivity contribution is 7.89. The van der Waals surface area contributed by atoms with E-state index in [9.17, 15) is 13.2 Å². The minimum absolute atomic E-state index is 0.184. The zero-order chi connectivity index (χ0) is 19.0. The molecular formula is C18H23N3O4S. The lowest BCUT2D eigenvalue weighted by atomic mass is 10.1. The number of benzene rings is 2. The maximum absolute atomic E-state index is 11.9. The molecule has 0 spiro atoms. The topological polar surface area (TPSA) is 96.5 Å². The molecule has 140 valence electrons. The predicted octanol–water partition coefficient (Wildman–Crippen LogP) is 1.74. The fraction of sp³-hybridized carbons (Fsp3) is 0.278. The van der Waals surface area contributed by atoms with E-state index in [0.29, 0.717) is 19.7 Å². The third-order valence-corrected chi connectivity index (χ3v) is 5.14. The molecule has 2 aromatic rings. The third kappa shape index (κ3) is 5.83. The first-order valence-corrected chi connectivity index (χ1v) is 9.54. The molecule has 0 aliphatic rings. The molecule has 2 rings (SSSR count). The van der Waals surface area contributed by atoms with Crippen molar-refractivity contribution in [2.24, 2.45) is 0 Å². The van der Waals surface area contributed by atoms with Crippen molar-refractivity contribution in [3.05, 3.63) is 65.2 Å². The highest BCUT2D eigenvalue weighted by atomic mass is 32.2. The second-order valence-electron chi connectivity index (χ2n) is 5.64. The van der Waals surface area contributed by atoms with Crippen LogP contribution in [0.15, 0.2) is 53.4 Å². The Bertz CT molecular complexity index is 836. The van der Waals surface area contributed by atoms with Gasteiger partial charge in [-0.2, -0.15) is 0 Å². The van der Waals surface area contributed by atoms with Crippen LogP contribution in [0.4, 0.5) is 4.79 Å². The fourth-order valence-electron chi connectivity index (χ4n) is 2.33. The SMILES string of the molecule is CNS(=O)(=O)c1ccc(CNC(=O)NCc2cccc(COC)c2)cc1. The smallest absolute Gasteiger partial charge is 0.315 e. The molecule has 0 unspecified atom stereocenters. The molecule has 26 heavy (non-hydrogen) atoms. The van der Waals surface area contributed by atoms with Crippen LogP contribution in [0, 0.1) is 0 Å². The molecule has 0 aliphatic carbocycles. The number of ether oxygens (including phenoxy) is 1. The summed E-state index contributed by atoms with van der Waals surface area (Å²) in [7, 11) is -0.453. The van der Waals surface area contributed by atoms with Gasteiger partial charge in [0.05, 0.1) is 11.5 Å². The zero-order valence-electron chi connectivity index (χ0n) is 14.8. The van der Waals surface area contributed by atoms with Crippen LogP contribution in [0.1, 0.15) is 16.7 Å². The number of hydrogen-bond acceptors (Lipinski definition) is 4. The Hall–Kier alpha value is -2.42. The largest absolute Gasteiger partial charge is 0.380 e. The van der Waals surface area contributed by atoms with Gasteiger partial charge < -0.3 is 15.4 Å². The Labute approximate surface area is 153 Å². The second kappa shape index (κ2) is 9.33. The van der Waals surface area contributed by atoms with E-state index < -0.39 is 10.0 Å². The van der Waals surface area contributed by atoms with E-state index >= 15 is 0 Å². The van der Waals surface area contributed by atoms with Crippen LogP contribution < -0.4 is 15.4 Å². The summed E-state index contributed by atoms with van der Waals surface area (Å²) < 4.78 is 30.7. The molecule has 3 N–H and O–H groups in total. The van der Waals surface area contributed by atoms with Crippen molar-refractivity contribution < 1.29 is 17.9 Å². The lowest BCUT2D eigenvalue weighted by Crippen LogP contribution is -2.34. The number of nitrogens with one attached hydrogen (secondary N) is 3. The third-order valence-electron chi connectivity index (χ3n) is 3.71. The van der Waals surface area contributed by atoms with E-state index in [1.54, 1.807) is 19.2 Å². The molecular weight excluding hydrogens is 354 g/mol. The van der Waals surface area contributed by atoms with Crippen molar-refractivity contribution >= 4 is 16.1 Å². The van der Waals surface area contributed by atoms with Gasteiger partial charge in [-0.1, -0.05) is 36.4 Å². The maximum Gasteiger partial charge on any atom is 0.315 e. The van der Waals surface area contributed by atoms with Crippen LogP contribution >= 0.6 is 0 Å². The van der Waals surface area contributed by atoms with Crippen LogP contribution in [0.3, 0.4) is 0 Å². The Morgan fingerprint density at radius 1 is 0.962 bits per heavy atom. The summed E-state index contributed by atoms with van der Waals surface area (Å²) in [6.07, 6.45) is 0. The molecule has 2 amide bonds. The summed E-state index contributed by atoms with van der Waals surface area (Å²) in [5.41, 5.74) is 2.83. The normalized spacial score (nSPS) is 11.2. The number of carbonyl (C=O) groups excluding carboxylic acids is 1. The Kier molecular flexibility index (Phi) is 7.14. The molecule has 0 aromatic heterocycles. The second-order valence-corrected chi connectivity index (χ2v) is 7.53. The van der Waals surface area contributed by atoms with E-state index in [4.69, 9.17) is 4.74 Å². The van der Waals surface area contributed by atoms with Gasteiger partial charge >= 0.3 is 6.03 Å². The van der Waals surface area contributed by atoms with Gasteiger partial charge in [-0.3, -0.25) is 0 Å². The molecule has 2 aromatic carbocycles. The van der Waals surface area contributed by atoms with Gasteiger partial charge in [0.1, 0.15) is 0 Å². The quantitative estimate of drug-likeness (QED) is 0.653. The van der Waals surface area contributed by atoms with E-state index in [1.165, 1.54) is 19.2 Å².